The van der Waals surface area contributed by atoms with Gasteiger partial charge in [0.15, 0.2) is 0 Å². The van der Waals surface area contributed by atoms with Crippen LogP contribution < -0.4 is 5.32 Å². The van der Waals surface area contributed by atoms with Crippen LogP contribution in [0.3, 0.4) is 0 Å². The number of nitrogens with zero attached hydrogens (tertiary/aromatic N) is 2. The summed E-state index contributed by atoms with van der Waals surface area (Å²) in [5, 5.41) is 12.0. The molecule has 0 fully saturated rings. The number of aromatic nitrogens is 2. The van der Waals surface area contributed by atoms with E-state index in [1.165, 1.54) is 6.33 Å². The number of nitrogens with one attached hydrogen (secondary N) is 1. The van der Waals surface area contributed by atoms with Crippen molar-refractivity contribution in [2.75, 3.05) is 0 Å². The second kappa shape index (κ2) is 3.51. The van der Waals surface area contributed by atoms with Gasteiger partial charge in [0.25, 0.3) is 0 Å². The molecule has 0 saturated heterocycles. The molecular formula is C8H8ClN3O2. The average molecular weight is 214 g/mol. The first kappa shape index (κ1) is 9.36. The summed E-state index contributed by atoms with van der Waals surface area (Å²) in [5.41, 5.74) is 1.52. The summed E-state index contributed by atoms with van der Waals surface area (Å²) in [6, 6.07) is -0.592. The summed E-state index contributed by atoms with van der Waals surface area (Å²) >= 11 is 5.84. The third kappa shape index (κ3) is 1.56. The van der Waals surface area contributed by atoms with Crippen LogP contribution in [0.1, 0.15) is 11.3 Å². The number of carboxylic acids is 1. The Morgan fingerprint density at radius 2 is 2.43 bits per heavy atom. The number of carboxylic acid groups (broad SMARTS) is 1. The molecule has 1 unspecified atom stereocenters. The van der Waals surface area contributed by atoms with Gasteiger partial charge in [0.2, 0.25) is 0 Å². The van der Waals surface area contributed by atoms with E-state index in [0.29, 0.717) is 18.1 Å². The minimum absolute atomic E-state index is 0.338. The first-order valence-electron chi connectivity index (χ1n) is 4.13. The Hall–Kier alpha value is -1.20. The highest BCUT2D eigenvalue weighted by molar-refractivity contribution is 6.30. The van der Waals surface area contributed by atoms with Crippen LogP contribution in [0.4, 0.5) is 0 Å². The molecule has 0 spiro atoms. The number of rotatable bonds is 1. The summed E-state index contributed by atoms with van der Waals surface area (Å²) < 4.78 is 0. The summed E-state index contributed by atoms with van der Waals surface area (Å²) in [6.45, 7) is 0.425. The quantitative estimate of drug-likeness (QED) is 0.654. The van der Waals surface area contributed by atoms with Gasteiger partial charge in [-0.2, -0.15) is 0 Å². The van der Waals surface area contributed by atoms with Crippen LogP contribution >= 0.6 is 11.6 Å². The van der Waals surface area contributed by atoms with Crippen LogP contribution in [0.5, 0.6) is 0 Å². The van der Waals surface area contributed by atoms with Crippen LogP contribution in [-0.2, 0) is 17.8 Å². The molecule has 0 radical (unpaired) electrons. The second-order valence-corrected chi connectivity index (χ2v) is 3.42. The highest BCUT2D eigenvalue weighted by Crippen LogP contribution is 2.20. The van der Waals surface area contributed by atoms with Gasteiger partial charge in [-0.25, -0.2) is 9.97 Å². The van der Waals surface area contributed by atoms with E-state index in [1.54, 1.807) is 0 Å². The van der Waals surface area contributed by atoms with E-state index in [1.807, 2.05) is 0 Å². The first-order chi connectivity index (χ1) is 6.68. The predicted molar refractivity (Wildman–Crippen MR) is 49.0 cm³/mol. The van der Waals surface area contributed by atoms with Crippen molar-refractivity contribution in [3.05, 3.63) is 22.7 Å². The molecule has 6 heteroatoms. The van der Waals surface area contributed by atoms with E-state index in [-0.39, 0.29) is 0 Å². The topological polar surface area (TPSA) is 75.1 Å². The van der Waals surface area contributed by atoms with Gasteiger partial charge in [0, 0.05) is 18.5 Å². The monoisotopic (exact) mass is 213 g/mol. The number of hydrogen-bond acceptors (Lipinski definition) is 4. The summed E-state index contributed by atoms with van der Waals surface area (Å²) in [7, 11) is 0. The van der Waals surface area contributed by atoms with Crippen molar-refractivity contribution in [2.45, 2.75) is 19.0 Å². The molecule has 0 aromatic carbocycles. The fraction of sp³-hybridized carbons (Fsp3) is 0.375. The van der Waals surface area contributed by atoms with Gasteiger partial charge in [0.1, 0.15) is 17.5 Å². The van der Waals surface area contributed by atoms with Crippen LogP contribution in [0, 0.1) is 0 Å². The summed E-state index contributed by atoms with van der Waals surface area (Å²) in [6.07, 6.45) is 1.72. The maximum absolute atomic E-state index is 10.7. The number of halogens is 1. The van der Waals surface area contributed by atoms with Crippen LogP contribution in [0.25, 0.3) is 0 Å². The van der Waals surface area contributed by atoms with Crippen molar-refractivity contribution in [2.24, 2.45) is 0 Å². The minimum atomic E-state index is -0.879. The molecule has 2 N–H and O–H groups in total. The number of aliphatic carboxylic acids is 1. The van der Waals surface area contributed by atoms with Gasteiger partial charge in [-0.1, -0.05) is 11.6 Å². The zero-order valence-corrected chi connectivity index (χ0v) is 7.95. The molecule has 1 aliphatic rings. The lowest BCUT2D eigenvalue weighted by Gasteiger charge is -2.22. The van der Waals surface area contributed by atoms with Crippen LogP contribution in [0.2, 0.25) is 5.15 Å². The smallest absolute Gasteiger partial charge is 0.321 e. The maximum atomic E-state index is 10.7. The molecule has 14 heavy (non-hydrogen) atoms. The molecule has 0 amide bonds. The normalized spacial score (nSPS) is 20.2. The Bertz CT molecular complexity index is 383. The molecule has 0 aliphatic carbocycles. The fourth-order valence-corrected chi connectivity index (χ4v) is 1.68. The van der Waals surface area contributed by atoms with E-state index in [2.05, 4.69) is 15.3 Å². The van der Waals surface area contributed by atoms with Gasteiger partial charge >= 0.3 is 5.97 Å². The molecule has 1 aromatic rings. The largest absolute Gasteiger partial charge is 0.480 e. The van der Waals surface area contributed by atoms with Crippen molar-refractivity contribution < 1.29 is 9.90 Å². The predicted octanol–water partition coefficient (Wildman–Crippen LogP) is 0.229. The molecule has 1 atom stereocenters. The lowest BCUT2D eigenvalue weighted by molar-refractivity contribution is -0.139. The highest BCUT2D eigenvalue weighted by atomic mass is 35.5. The molecular weight excluding hydrogens is 206 g/mol. The second-order valence-electron chi connectivity index (χ2n) is 3.07. The van der Waals surface area contributed by atoms with Gasteiger partial charge in [-0.15, -0.1) is 0 Å². The van der Waals surface area contributed by atoms with Crippen molar-refractivity contribution in [1.82, 2.24) is 15.3 Å². The van der Waals surface area contributed by atoms with E-state index < -0.39 is 12.0 Å². The summed E-state index contributed by atoms with van der Waals surface area (Å²) in [5.74, 6) is -0.879. The average Bonchev–Trinajstić information content (AvgIpc) is 2.18. The molecule has 5 nitrogen and oxygen atoms in total. The minimum Gasteiger partial charge on any atom is -0.480 e. The van der Waals surface area contributed by atoms with Crippen LogP contribution in [0.15, 0.2) is 6.33 Å². The van der Waals surface area contributed by atoms with Gasteiger partial charge < -0.3 is 5.11 Å². The number of carbonyl (C=O) groups is 1. The maximum Gasteiger partial charge on any atom is 0.321 e. The Balaban J connectivity index is 2.33. The van der Waals surface area contributed by atoms with Crippen LogP contribution in [-0.4, -0.2) is 27.1 Å². The molecule has 1 aromatic heterocycles. The van der Waals surface area contributed by atoms with Gasteiger partial charge in [0.05, 0.1) is 5.69 Å². The first-order valence-corrected chi connectivity index (χ1v) is 4.50. The van der Waals surface area contributed by atoms with E-state index in [4.69, 9.17) is 16.7 Å². The summed E-state index contributed by atoms with van der Waals surface area (Å²) in [4.78, 5) is 18.6. The lowest BCUT2D eigenvalue weighted by atomic mass is 10.0. The fourth-order valence-electron chi connectivity index (χ4n) is 1.45. The Morgan fingerprint density at radius 3 is 3.14 bits per heavy atom. The molecule has 2 heterocycles. The molecule has 0 saturated carbocycles. The standard InChI is InChI=1S/C8H8ClN3O2/c9-7-4-1-5(8(13)14)10-2-6(4)11-3-12-7/h3,5,10H,1-2H2,(H,13,14). The van der Waals surface area contributed by atoms with E-state index in [0.717, 1.165) is 11.3 Å². The lowest BCUT2D eigenvalue weighted by Crippen LogP contribution is -2.42. The molecule has 1 aliphatic heterocycles. The van der Waals surface area contributed by atoms with E-state index >= 15 is 0 Å². The van der Waals surface area contributed by atoms with Crippen molar-refractivity contribution >= 4 is 17.6 Å². The van der Waals surface area contributed by atoms with Crippen molar-refractivity contribution in [3.63, 3.8) is 0 Å². The van der Waals surface area contributed by atoms with Gasteiger partial charge in [-0.3, -0.25) is 10.1 Å². The van der Waals surface area contributed by atoms with Crippen molar-refractivity contribution in [1.29, 1.82) is 0 Å². The SMILES string of the molecule is O=C(O)C1Cc2c(Cl)ncnc2CN1. The number of hydrogen-bond donors (Lipinski definition) is 2. The Labute approximate surface area is 85.1 Å². The highest BCUT2D eigenvalue weighted by Gasteiger charge is 2.26. The molecule has 74 valence electrons. The third-order valence-electron chi connectivity index (χ3n) is 2.20. The Morgan fingerprint density at radius 1 is 1.64 bits per heavy atom. The zero-order valence-electron chi connectivity index (χ0n) is 7.20. The zero-order chi connectivity index (χ0) is 10.1. The third-order valence-corrected chi connectivity index (χ3v) is 2.53. The molecule has 2 rings (SSSR count). The molecule has 0 bridgehead atoms. The van der Waals surface area contributed by atoms with Gasteiger partial charge in [-0.05, 0) is 0 Å². The number of fused-ring (bicyclic) bond motifs is 1. The Kier molecular flexibility index (Phi) is 2.35. The van der Waals surface area contributed by atoms with E-state index in [9.17, 15) is 4.79 Å². The van der Waals surface area contributed by atoms with Crippen molar-refractivity contribution in [3.8, 4) is 0 Å².